The molecule has 0 bridgehead atoms. The molecule has 0 atom stereocenters. The van der Waals surface area contributed by atoms with Crippen molar-refractivity contribution in [3.63, 3.8) is 0 Å². The first-order valence-corrected chi connectivity index (χ1v) is 10.1. The Labute approximate surface area is 139 Å². The van der Waals surface area contributed by atoms with Crippen LogP contribution < -0.4 is 4.90 Å². The van der Waals surface area contributed by atoms with E-state index in [-0.39, 0.29) is 0 Å². The predicted molar refractivity (Wildman–Crippen MR) is 90.1 cm³/mol. The fourth-order valence-corrected chi connectivity index (χ4v) is 3.51. The number of anilines is 1. The molecule has 128 valence electrons. The van der Waals surface area contributed by atoms with Crippen molar-refractivity contribution in [2.24, 2.45) is 10.2 Å². The van der Waals surface area contributed by atoms with Gasteiger partial charge in [-0.1, -0.05) is 0 Å². The van der Waals surface area contributed by atoms with Crippen molar-refractivity contribution in [1.29, 1.82) is 0 Å². The van der Waals surface area contributed by atoms with Crippen LogP contribution in [-0.2, 0) is 18.0 Å². The zero-order chi connectivity index (χ0) is 18.0. The van der Waals surface area contributed by atoms with Crippen LogP contribution >= 0.6 is 0 Å². The van der Waals surface area contributed by atoms with Gasteiger partial charge in [-0.15, -0.1) is 0 Å². The Morgan fingerprint density at radius 2 is 1.21 bits per heavy atom. The maximum absolute atomic E-state index is 11.5. The van der Waals surface area contributed by atoms with Crippen LogP contribution in [0, 0.1) is 0 Å². The van der Waals surface area contributed by atoms with Gasteiger partial charge in [0.05, 0.1) is 16.3 Å². The molecule has 2 aromatic rings. The van der Waals surface area contributed by atoms with E-state index in [1.54, 1.807) is 12.1 Å². The van der Waals surface area contributed by atoms with Gasteiger partial charge in [0.25, 0.3) is 0 Å². The normalized spacial score (nSPS) is 12.5. The molecule has 0 aromatic heterocycles. The van der Waals surface area contributed by atoms with E-state index in [0.29, 0.717) is 11.4 Å². The summed E-state index contributed by atoms with van der Waals surface area (Å²) in [5, 5.41) is 7.95. The third-order valence-corrected chi connectivity index (χ3v) is 6.69. The molecule has 0 fully saturated rings. The summed E-state index contributed by atoms with van der Waals surface area (Å²) in [6, 6.07) is 11.9. The van der Waals surface area contributed by atoms with Crippen LogP contribution in [-0.4, -0.2) is 35.5 Å². The van der Waals surface area contributed by atoms with Crippen molar-refractivity contribution in [3.05, 3.63) is 48.5 Å². The SMILES string of the molecule is CN(C)c1ccc(N=Nc2ccc(S(=O)(=O)S(=O)(=O)O)cc2)cc1. The largest absolute Gasteiger partial charge is 0.378 e. The third kappa shape index (κ3) is 3.96. The van der Waals surface area contributed by atoms with Gasteiger partial charge in [0.1, 0.15) is 0 Å². The summed E-state index contributed by atoms with van der Waals surface area (Å²) in [4.78, 5) is 1.40. The zero-order valence-electron chi connectivity index (χ0n) is 12.9. The standard InChI is InChI=1S/C14H15N3O5S2/c1-17(2)13-7-3-11(4-8-13)15-16-12-5-9-14(10-6-12)23(18,19)24(20,21)22/h3-10H,1-2H3,(H,20,21,22). The number of rotatable bonds is 5. The van der Waals surface area contributed by atoms with E-state index >= 15 is 0 Å². The maximum Gasteiger partial charge on any atom is 0.377 e. The average molecular weight is 369 g/mol. The molecular weight excluding hydrogens is 354 g/mol. The summed E-state index contributed by atoms with van der Waals surface area (Å²) in [5.41, 5.74) is 1.95. The van der Waals surface area contributed by atoms with Crippen molar-refractivity contribution in [2.45, 2.75) is 4.90 Å². The van der Waals surface area contributed by atoms with Crippen LogP contribution in [0.2, 0.25) is 0 Å². The van der Waals surface area contributed by atoms with Gasteiger partial charge in [0, 0.05) is 19.8 Å². The molecule has 1 N–H and O–H groups in total. The second-order valence-electron chi connectivity index (χ2n) is 4.99. The molecule has 0 radical (unpaired) electrons. The minimum atomic E-state index is -5.22. The van der Waals surface area contributed by atoms with Crippen LogP contribution in [0.3, 0.4) is 0 Å². The molecule has 2 rings (SSSR count). The van der Waals surface area contributed by atoms with Gasteiger partial charge in [-0.3, -0.25) is 4.55 Å². The molecule has 0 unspecified atom stereocenters. The highest BCUT2D eigenvalue weighted by Gasteiger charge is 2.29. The van der Waals surface area contributed by atoms with Crippen LogP contribution in [0.25, 0.3) is 0 Å². The number of azo groups is 1. The minimum absolute atomic E-state index is 0.334. The van der Waals surface area contributed by atoms with E-state index in [1.807, 2.05) is 31.1 Å². The second kappa shape index (κ2) is 6.67. The van der Waals surface area contributed by atoms with Gasteiger partial charge in [-0.2, -0.15) is 18.6 Å². The van der Waals surface area contributed by atoms with Gasteiger partial charge in [0.15, 0.2) is 0 Å². The van der Waals surface area contributed by atoms with E-state index in [0.717, 1.165) is 17.8 Å². The van der Waals surface area contributed by atoms with Gasteiger partial charge in [-0.25, -0.2) is 8.42 Å². The Kier molecular flexibility index (Phi) is 5.02. The Morgan fingerprint density at radius 1 is 0.792 bits per heavy atom. The van der Waals surface area contributed by atoms with Crippen LogP contribution in [0.15, 0.2) is 63.7 Å². The van der Waals surface area contributed by atoms with E-state index in [2.05, 4.69) is 10.2 Å². The van der Waals surface area contributed by atoms with Crippen molar-refractivity contribution >= 4 is 35.1 Å². The monoisotopic (exact) mass is 369 g/mol. The van der Waals surface area contributed by atoms with Crippen molar-refractivity contribution < 1.29 is 21.4 Å². The summed E-state index contributed by atoms with van der Waals surface area (Å²) in [6.07, 6.45) is 0. The quantitative estimate of drug-likeness (QED) is 0.492. The van der Waals surface area contributed by atoms with Crippen molar-refractivity contribution in [3.8, 4) is 0 Å². The number of hydrogen-bond donors (Lipinski definition) is 1. The summed E-state index contributed by atoms with van der Waals surface area (Å²) >= 11 is 0. The molecule has 0 saturated carbocycles. The lowest BCUT2D eigenvalue weighted by molar-refractivity contribution is 0.493. The molecule has 0 aliphatic carbocycles. The average Bonchev–Trinajstić information content (AvgIpc) is 2.52. The lowest BCUT2D eigenvalue weighted by Gasteiger charge is -2.11. The predicted octanol–water partition coefficient (Wildman–Crippen LogP) is 2.74. The van der Waals surface area contributed by atoms with Crippen LogP contribution in [0.1, 0.15) is 0 Å². The molecule has 0 saturated heterocycles. The maximum atomic E-state index is 11.5. The fraction of sp³-hybridized carbons (Fsp3) is 0.143. The lowest BCUT2D eigenvalue weighted by atomic mass is 10.3. The Balaban J connectivity index is 2.20. The number of hydrogen-bond acceptors (Lipinski definition) is 7. The van der Waals surface area contributed by atoms with Crippen LogP contribution in [0.5, 0.6) is 0 Å². The first-order valence-electron chi connectivity index (χ1n) is 6.63. The first kappa shape index (κ1) is 18.0. The molecule has 2 aromatic carbocycles. The number of nitrogens with zero attached hydrogens (tertiary/aromatic N) is 3. The Hall–Kier alpha value is -2.30. The molecule has 0 spiro atoms. The molecule has 0 amide bonds. The molecule has 0 heterocycles. The van der Waals surface area contributed by atoms with Crippen molar-refractivity contribution in [2.75, 3.05) is 19.0 Å². The Morgan fingerprint density at radius 3 is 1.58 bits per heavy atom. The molecule has 8 nitrogen and oxygen atoms in total. The summed E-state index contributed by atoms with van der Waals surface area (Å²) in [7, 11) is -6.21. The summed E-state index contributed by atoms with van der Waals surface area (Å²) in [5.74, 6) is 0. The van der Waals surface area contributed by atoms with E-state index < -0.39 is 22.9 Å². The van der Waals surface area contributed by atoms with Crippen LogP contribution in [0.4, 0.5) is 17.1 Å². The fourth-order valence-electron chi connectivity index (χ4n) is 1.73. The number of benzene rings is 2. The van der Waals surface area contributed by atoms with Gasteiger partial charge in [0.2, 0.25) is 0 Å². The molecule has 24 heavy (non-hydrogen) atoms. The van der Waals surface area contributed by atoms with Crippen molar-refractivity contribution in [1.82, 2.24) is 0 Å². The van der Waals surface area contributed by atoms with E-state index in [4.69, 9.17) is 4.55 Å². The third-order valence-electron chi connectivity index (χ3n) is 3.05. The lowest BCUT2D eigenvalue weighted by Crippen LogP contribution is -2.14. The van der Waals surface area contributed by atoms with E-state index in [9.17, 15) is 16.8 Å². The molecule has 0 aliphatic rings. The van der Waals surface area contributed by atoms with Gasteiger partial charge >= 0.3 is 18.0 Å². The highest BCUT2D eigenvalue weighted by Crippen LogP contribution is 2.23. The zero-order valence-corrected chi connectivity index (χ0v) is 14.5. The summed E-state index contributed by atoms with van der Waals surface area (Å²) in [6.45, 7) is 0. The second-order valence-corrected chi connectivity index (χ2v) is 9.80. The smallest absolute Gasteiger partial charge is 0.377 e. The van der Waals surface area contributed by atoms with E-state index in [1.165, 1.54) is 12.1 Å². The molecule has 10 heteroatoms. The topological polar surface area (TPSA) is 116 Å². The molecular formula is C14H15N3O5S2. The van der Waals surface area contributed by atoms with Gasteiger partial charge < -0.3 is 4.90 Å². The Bertz CT molecular complexity index is 948. The first-order chi connectivity index (χ1) is 11.1. The van der Waals surface area contributed by atoms with Gasteiger partial charge in [-0.05, 0) is 48.5 Å². The highest BCUT2D eigenvalue weighted by atomic mass is 33.2. The minimum Gasteiger partial charge on any atom is -0.378 e. The summed E-state index contributed by atoms with van der Waals surface area (Å²) < 4.78 is 53.5. The molecule has 0 aliphatic heterocycles. The highest BCUT2D eigenvalue weighted by molar-refractivity contribution is 8.64.